The van der Waals surface area contributed by atoms with E-state index >= 15 is 0 Å². The number of hydrogen-bond acceptors (Lipinski definition) is 3. The largest absolute Gasteiger partial charge is 0.326 e. The summed E-state index contributed by atoms with van der Waals surface area (Å²) in [6, 6.07) is 7.88. The van der Waals surface area contributed by atoms with Gasteiger partial charge in [0, 0.05) is 25.5 Å². The third kappa shape index (κ3) is 6.47. The van der Waals surface area contributed by atoms with E-state index in [0.717, 1.165) is 29.9 Å². The van der Waals surface area contributed by atoms with Crippen LogP contribution in [0.25, 0.3) is 0 Å². The first-order valence-corrected chi connectivity index (χ1v) is 6.74. The van der Waals surface area contributed by atoms with Gasteiger partial charge in [0.05, 0.1) is 12.6 Å². The Morgan fingerprint density at radius 3 is 2.68 bits per heavy atom. The highest BCUT2D eigenvalue weighted by molar-refractivity contribution is 5.92. The van der Waals surface area contributed by atoms with Crippen LogP contribution >= 0.6 is 24.8 Å². The van der Waals surface area contributed by atoms with Crippen LogP contribution in [0.3, 0.4) is 0 Å². The molecule has 7 heteroatoms. The van der Waals surface area contributed by atoms with Gasteiger partial charge >= 0.3 is 0 Å². The SMILES string of the molecule is CCNCc1cccc(NC(=O)Cc2cnn(C)c2)c1.Cl.Cl. The van der Waals surface area contributed by atoms with Crippen LogP contribution in [0.4, 0.5) is 5.69 Å². The van der Waals surface area contributed by atoms with Crippen molar-refractivity contribution in [1.29, 1.82) is 0 Å². The molecule has 0 unspecified atom stereocenters. The van der Waals surface area contributed by atoms with Crippen molar-refractivity contribution in [2.75, 3.05) is 11.9 Å². The minimum atomic E-state index is -0.0291. The molecule has 2 rings (SSSR count). The lowest BCUT2D eigenvalue weighted by Gasteiger charge is -2.07. The zero-order chi connectivity index (χ0) is 14.4. The number of rotatable bonds is 6. The molecule has 0 aliphatic heterocycles. The highest BCUT2D eigenvalue weighted by atomic mass is 35.5. The van der Waals surface area contributed by atoms with Crippen LogP contribution in [0.1, 0.15) is 18.1 Å². The molecule has 1 heterocycles. The fourth-order valence-electron chi connectivity index (χ4n) is 1.98. The number of nitrogens with zero attached hydrogens (tertiary/aromatic N) is 2. The van der Waals surface area contributed by atoms with E-state index in [1.165, 1.54) is 0 Å². The predicted molar refractivity (Wildman–Crippen MR) is 93.9 cm³/mol. The van der Waals surface area contributed by atoms with Gasteiger partial charge in [-0.15, -0.1) is 24.8 Å². The number of anilines is 1. The molecule has 0 saturated heterocycles. The van der Waals surface area contributed by atoms with Gasteiger partial charge in [-0.3, -0.25) is 9.48 Å². The molecule has 0 atom stereocenters. The summed E-state index contributed by atoms with van der Waals surface area (Å²) in [4.78, 5) is 12.0. The molecule has 22 heavy (non-hydrogen) atoms. The van der Waals surface area contributed by atoms with Gasteiger partial charge in [0.15, 0.2) is 0 Å². The van der Waals surface area contributed by atoms with Gasteiger partial charge in [0.25, 0.3) is 0 Å². The van der Waals surface area contributed by atoms with Crippen LogP contribution in [-0.4, -0.2) is 22.2 Å². The molecule has 0 radical (unpaired) electrons. The second-order valence-electron chi connectivity index (χ2n) is 4.73. The molecule has 0 saturated carbocycles. The van der Waals surface area contributed by atoms with Crippen molar-refractivity contribution >= 4 is 36.4 Å². The summed E-state index contributed by atoms with van der Waals surface area (Å²) in [6.07, 6.45) is 3.90. The minimum absolute atomic E-state index is 0. The van der Waals surface area contributed by atoms with E-state index < -0.39 is 0 Å². The van der Waals surface area contributed by atoms with Crippen molar-refractivity contribution in [2.45, 2.75) is 19.9 Å². The normalized spacial score (nSPS) is 9.55. The van der Waals surface area contributed by atoms with Crippen LogP contribution in [0.2, 0.25) is 0 Å². The van der Waals surface area contributed by atoms with E-state index in [2.05, 4.69) is 22.7 Å². The first-order valence-electron chi connectivity index (χ1n) is 6.74. The van der Waals surface area contributed by atoms with Crippen molar-refractivity contribution in [3.05, 3.63) is 47.8 Å². The summed E-state index contributed by atoms with van der Waals surface area (Å²) in [7, 11) is 1.84. The van der Waals surface area contributed by atoms with Gasteiger partial charge in [0.1, 0.15) is 0 Å². The predicted octanol–water partition coefficient (Wildman–Crippen LogP) is 2.55. The van der Waals surface area contributed by atoms with Gasteiger partial charge in [-0.05, 0) is 29.8 Å². The lowest BCUT2D eigenvalue weighted by atomic mass is 10.2. The van der Waals surface area contributed by atoms with E-state index in [-0.39, 0.29) is 30.7 Å². The quantitative estimate of drug-likeness (QED) is 0.846. The lowest BCUT2D eigenvalue weighted by molar-refractivity contribution is -0.115. The molecular formula is C15H22Cl2N4O. The Labute approximate surface area is 143 Å². The maximum Gasteiger partial charge on any atom is 0.228 e. The molecule has 0 fully saturated rings. The van der Waals surface area contributed by atoms with Gasteiger partial charge in [-0.1, -0.05) is 19.1 Å². The van der Waals surface area contributed by atoms with E-state index in [4.69, 9.17) is 0 Å². The highest BCUT2D eigenvalue weighted by Gasteiger charge is 2.06. The number of carbonyl (C=O) groups is 1. The van der Waals surface area contributed by atoms with Crippen molar-refractivity contribution in [1.82, 2.24) is 15.1 Å². The van der Waals surface area contributed by atoms with Crippen LogP contribution in [0.15, 0.2) is 36.7 Å². The third-order valence-electron chi connectivity index (χ3n) is 2.91. The molecule has 2 N–H and O–H groups in total. The van der Waals surface area contributed by atoms with Crippen molar-refractivity contribution in [2.24, 2.45) is 7.05 Å². The molecule has 0 bridgehead atoms. The van der Waals surface area contributed by atoms with Gasteiger partial charge in [-0.2, -0.15) is 5.10 Å². The van der Waals surface area contributed by atoms with Crippen molar-refractivity contribution in [3.63, 3.8) is 0 Å². The van der Waals surface area contributed by atoms with Crippen LogP contribution in [0.5, 0.6) is 0 Å². The maximum atomic E-state index is 12.0. The first kappa shape index (κ1) is 20.4. The summed E-state index contributed by atoms with van der Waals surface area (Å²) in [5.41, 5.74) is 2.90. The van der Waals surface area contributed by atoms with E-state index in [9.17, 15) is 4.79 Å². The highest BCUT2D eigenvalue weighted by Crippen LogP contribution is 2.11. The number of hydrogen-bond donors (Lipinski definition) is 2. The van der Waals surface area contributed by atoms with E-state index in [1.807, 2.05) is 37.5 Å². The molecule has 0 spiro atoms. The lowest BCUT2D eigenvalue weighted by Crippen LogP contribution is -2.15. The number of carbonyl (C=O) groups excluding carboxylic acids is 1. The van der Waals surface area contributed by atoms with E-state index in [1.54, 1.807) is 10.9 Å². The molecule has 5 nitrogen and oxygen atoms in total. The molecule has 2 aromatic rings. The Hall–Kier alpha value is -1.56. The Morgan fingerprint density at radius 2 is 2.05 bits per heavy atom. The molecule has 1 aromatic heterocycles. The topological polar surface area (TPSA) is 58.9 Å². The second-order valence-corrected chi connectivity index (χ2v) is 4.73. The monoisotopic (exact) mass is 344 g/mol. The summed E-state index contributed by atoms with van der Waals surface area (Å²) < 4.78 is 1.69. The summed E-state index contributed by atoms with van der Waals surface area (Å²) in [5, 5.41) is 10.2. The standard InChI is InChI=1S/C15H20N4O.2ClH/c1-3-16-9-12-5-4-6-14(7-12)18-15(20)8-13-10-17-19(2)11-13;;/h4-7,10-11,16H,3,8-9H2,1-2H3,(H,18,20);2*1H. The average Bonchev–Trinajstić information content (AvgIpc) is 2.82. The molecule has 0 aliphatic carbocycles. The first-order chi connectivity index (χ1) is 9.67. The molecule has 0 aliphatic rings. The molecule has 1 amide bonds. The molecular weight excluding hydrogens is 323 g/mol. The second kappa shape index (κ2) is 10.2. The average molecular weight is 345 g/mol. The van der Waals surface area contributed by atoms with Gasteiger partial charge in [-0.25, -0.2) is 0 Å². The Bertz CT molecular complexity index is 586. The number of nitrogens with one attached hydrogen (secondary N) is 2. The number of amides is 1. The maximum absolute atomic E-state index is 12.0. The fourth-order valence-corrected chi connectivity index (χ4v) is 1.98. The summed E-state index contributed by atoms with van der Waals surface area (Å²) >= 11 is 0. The molecule has 122 valence electrons. The van der Waals surface area contributed by atoms with Crippen molar-refractivity contribution < 1.29 is 4.79 Å². The minimum Gasteiger partial charge on any atom is -0.326 e. The summed E-state index contributed by atoms with van der Waals surface area (Å²) in [5.74, 6) is -0.0291. The Kier molecular flexibility index (Phi) is 9.49. The number of aromatic nitrogens is 2. The van der Waals surface area contributed by atoms with Crippen LogP contribution in [0, 0.1) is 0 Å². The number of halogens is 2. The summed E-state index contributed by atoms with van der Waals surface area (Å²) in [6.45, 7) is 3.81. The van der Waals surface area contributed by atoms with E-state index in [0.29, 0.717) is 6.42 Å². The smallest absolute Gasteiger partial charge is 0.228 e. The zero-order valence-electron chi connectivity index (χ0n) is 12.7. The van der Waals surface area contributed by atoms with Crippen LogP contribution < -0.4 is 10.6 Å². The zero-order valence-corrected chi connectivity index (χ0v) is 14.3. The number of aryl methyl sites for hydroxylation is 1. The Morgan fingerprint density at radius 1 is 1.27 bits per heavy atom. The number of benzene rings is 1. The van der Waals surface area contributed by atoms with Crippen LogP contribution in [-0.2, 0) is 24.8 Å². The third-order valence-corrected chi connectivity index (χ3v) is 2.91. The Balaban J connectivity index is 0.00000220. The van der Waals surface area contributed by atoms with Gasteiger partial charge < -0.3 is 10.6 Å². The van der Waals surface area contributed by atoms with Crippen molar-refractivity contribution in [3.8, 4) is 0 Å². The molecule has 1 aromatic carbocycles. The van der Waals surface area contributed by atoms with Gasteiger partial charge in [0.2, 0.25) is 5.91 Å². The fraction of sp³-hybridized carbons (Fsp3) is 0.333.